The largest absolute Gasteiger partial charge is 0.416 e. The lowest BCUT2D eigenvalue weighted by atomic mass is 10.0. The summed E-state index contributed by atoms with van der Waals surface area (Å²) in [6, 6.07) is 26.6. The quantitative estimate of drug-likeness (QED) is 0.187. The van der Waals surface area contributed by atoms with Gasteiger partial charge in [0.15, 0.2) is 9.84 Å². The summed E-state index contributed by atoms with van der Waals surface area (Å²) < 4.78 is 65.0. The Balaban J connectivity index is 1.58. The fourth-order valence-corrected chi connectivity index (χ4v) is 5.67. The first-order valence-electron chi connectivity index (χ1n) is 14.3. The van der Waals surface area contributed by atoms with Gasteiger partial charge >= 0.3 is 6.18 Å². The van der Waals surface area contributed by atoms with Gasteiger partial charge in [0.1, 0.15) is 6.04 Å². The molecule has 0 fully saturated rings. The molecule has 0 radical (unpaired) electrons. The molecule has 0 saturated carbocycles. The Hall–Kier alpha value is -4.70. The second kappa shape index (κ2) is 14.9. The minimum Gasteiger partial charge on any atom is -0.348 e. The van der Waals surface area contributed by atoms with Crippen LogP contribution in [0, 0.1) is 6.92 Å². The van der Waals surface area contributed by atoms with Gasteiger partial charge in [-0.1, -0.05) is 84.4 Å². The molecule has 6 nitrogen and oxygen atoms in total. The third-order valence-corrected chi connectivity index (χ3v) is 8.58. The average molecular weight is 635 g/mol. The number of aryl methyl sites for hydroxylation is 2. The zero-order valence-electron chi connectivity index (χ0n) is 24.5. The van der Waals surface area contributed by atoms with Gasteiger partial charge in [0.2, 0.25) is 5.91 Å². The number of halogens is 3. The lowest BCUT2D eigenvalue weighted by molar-refractivity contribution is -0.137. The smallest absolute Gasteiger partial charge is 0.348 e. The summed E-state index contributed by atoms with van der Waals surface area (Å²) in [5.74, 6) is -1.30. The van der Waals surface area contributed by atoms with Crippen molar-refractivity contribution in [1.82, 2.24) is 10.6 Å². The van der Waals surface area contributed by atoms with Gasteiger partial charge in [-0.15, -0.1) is 0 Å². The Morgan fingerprint density at radius 3 is 1.98 bits per heavy atom. The molecule has 0 aliphatic heterocycles. The third kappa shape index (κ3) is 9.90. The van der Waals surface area contributed by atoms with Crippen molar-refractivity contribution in [2.24, 2.45) is 0 Å². The van der Waals surface area contributed by atoms with Crippen LogP contribution < -0.4 is 10.6 Å². The van der Waals surface area contributed by atoms with Crippen LogP contribution in [0.15, 0.2) is 126 Å². The molecular formula is C35H33F3N2O4S. The van der Waals surface area contributed by atoms with Crippen LogP contribution in [0.3, 0.4) is 0 Å². The Bertz CT molecular complexity index is 1710. The molecule has 2 amide bonds. The highest BCUT2D eigenvalue weighted by molar-refractivity contribution is 7.94. The molecule has 0 aliphatic rings. The van der Waals surface area contributed by atoms with Crippen molar-refractivity contribution in [3.63, 3.8) is 0 Å². The molecule has 0 bridgehead atoms. The molecule has 2 atom stereocenters. The molecule has 0 spiro atoms. The van der Waals surface area contributed by atoms with E-state index in [-0.39, 0.29) is 16.9 Å². The first-order valence-corrected chi connectivity index (χ1v) is 15.8. The molecule has 0 heterocycles. The second-order valence-corrected chi connectivity index (χ2v) is 12.5. The lowest BCUT2D eigenvalue weighted by Gasteiger charge is -2.22. The van der Waals surface area contributed by atoms with E-state index in [1.807, 2.05) is 61.5 Å². The first-order chi connectivity index (χ1) is 21.4. The molecule has 4 aromatic rings. The SMILES string of the molecule is Cc1ccc(C[C@H](NC(=O)c2ccc(C(F)(F)F)cc2)C(=O)N[C@H](/C=C/S(=O)(=O)c2ccccc2)CCc2ccccc2)cc1. The van der Waals surface area contributed by atoms with Gasteiger partial charge in [0.05, 0.1) is 10.5 Å². The number of carbonyl (C=O) groups excluding carboxylic acids is 2. The summed E-state index contributed by atoms with van der Waals surface area (Å²) in [4.78, 5) is 26.9. The third-order valence-electron chi connectivity index (χ3n) is 7.13. The van der Waals surface area contributed by atoms with E-state index < -0.39 is 45.5 Å². The van der Waals surface area contributed by atoms with E-state index in [1.165, 1.54) is 18.2 Å². The Morgan fingerprint density at radius 2 is 1.38 bits per heavy atom. The number of carbonyl (C=O) groups is 2. The van der Waals surface area contributed by atoms with Crippen molar-refractivity contribution in [1.29, 1.82) is 0 Å². The normalized spacial score (nSPS) is 13.2. The van der Waals surface area contributed by atoms with Gasteiger partial charge in [-0.05, 0) is 67.3 Å². The zero-order chi connectivity index (χ0) is 32.5. The van der Waals surface area contributed by atoms with Crippen molar-refractivity contribution in [2.75, 3.05) is 0 Å². The van der Waals surface area contributed by atoms with Crippen LogP contribution in [-0.2, 0) is 33.6 Å². The molecule has 0 unspecified atom stereocenters. The number of alkyl halides is 3. The van der Waals surface area contributed by atoms with Crippen molar-refractivity contribution in [3.8, 4) is 0 Å². The minimum absolute atomic E-state index is 0.0424. The van der Waals surface area contributed by atoms with E-state index in [9.17, 15) is 31.2 Å². The first kappa shape index (κ1) is 33.2. The van der Waals surface area contributed by atoms with E-state index in [4.69, 9.17) is 0 Å². The van der Waals surface area contributed by atoms with Crippen LogP contribution in [0.5, 0.6) is 0 Å². The molecule has 45 heavy (non-hydrogen) atoms. The monoisotopic (exact) mass is 634 g/mol. The highest BCUT2D eigenvalue weighted by Crippen LogP contribution is 2.29. The maximum absolute atomic E-state index is 13.7. The van der Waals surface area contributed by atoms with Gasteiger partial charge in [0, 0.05) is 23.4 Å². The number of sulfone groups is 1. The van der Waals surface area contributed by atoms with E-state index >= 15 is 0 Å². The number of amides is 2. The highest BCUT2D eigenvalue weighted by atomic mass is 32.2. The van der Waals surface area contributed by atoms with Gasteiger partial charge < -0.3 is 10.6 Å². The fraction of sp³-hybridized carbons (Fsp3) is 0.200. The van der Waals surface area contributed by atoms with Gasteiger partial charge in [-0.3, -0.25) is 9.59 Å². The summed E-state index contributed by atoms with van der Waals surface area (Å²) in [7, 11) is -3.80. The van der Waals surface area contributed by atoms with Crippen LogP contribution >= 0.6 is 0 Å². The van der Waals surface area contributed by atoms with Crippen LogP contribution in [0.2, 0.25) is 0 Å². The maximum atomic E-state index is 13.7. The summed E-state index contributed by atoms with van der Waals surface area (Å²) >= 11 is 0. The summed E-state index contributed by atoms with van der Waals surface area (Å²) in [5.41, 5.74) is 1.80. The minimum atomic E-state index is -4.56. The molecule has 0 saturated heterocycles. The second-order valence-electron chi connectivity index (χ2n) is 10.6. The summed E-state index contributed by atoms with van der Waals surface area (Å²) in [6.45, 7) is 1.91. The molecular weight excluding hydrogens is 601 g/mol. The van der Waals surface area contributed by atoms with Crippen molar-refractivity contribution in [3.05, 3.63) is 148 Å². The fourth-order valence-electron chi connectivity index (χ4n) is 4.57. The Labute approximate surface area is 260 Å². The number of benzene rings is 4. The molecule has 2 N–H and O–H groups in total. The van der Waals surface area contributed by atoms with Crippen LogP contribution in [0.1, 0.15) is 39.0 Å². The molecule has 10 heteroatoms. The molecule has 0 aliphatic carbocycles. The Morgan fingerprint density at radius 1 is 0.778 bits per heavy atom. The topological polar surface area (TPSA) is 92.3 Å². The lowest BCUT2D eigenvalue weighted by Crippen LogP contribution is -2.50. The van der Waals surface area contributed by atoms with E-state index in [2.05, 4.69) is 10.6 Å². The standard InChI is InChI=1S/C35H33F3N2O4S/c1-25-12-14-27(15-13-25)24-32(40-33(41)28-17-19-29(20-18-28)35(36,37)38)34(42)39-30(21-16-26-8-4-2-5-9-26)22-23-45(43,44)31-10-6-3-7-11-31/h2-15,17-20,22-23,30,32H,16,21,24H2,1H3,(H,39,42)(H,40,41)/b23-22+/t30-,32-/m0/s1. The maximum Gasteiger partial charge on any atom is 0.416 e. The number of rotatable bonds is 12. The number of hydrogen-bond donors (Lipinski definition) is 2. The predicted octanol–water partition coefficient (Wildman–Crippen LogP) is 6.46. The van der Waals surface area contributed by atoms with Gasteiger partial charge in [0.25, 0.3) is 5.91 Å². The summed E-state index contributed by atoms with van der Waals surface area (Å²) in [6.07, 6.45) is -2.15. The molecule has 0 aromatic heterocycles. The zero-order valence-corrected chi connectivity index (χ0v) is 25.3. The van der Waals surface area contributed by atoms with Crippen molar-refractivity contribution >= 4 is 21.7 Å². The molecule has 4 aromatic carbocycles. The van der Waals surface area contributed by atoms with Crippen molar-refractivity contribution in [2.45, 2.75) is 49.3 Å². The highest BCUT2D eigenvalue weighted by Gasteiger charge is 2.30. The van der Waals surface area contributed by atoms with Crippen LogP contribution in [0.4, 0.5) is 13.2 Å². The molecule has 234 valence electrons. The van der Waals surface area contributed by atoms with Gasteiger partial charge in [-0.2, -0.15) is 13.2 Å². The number of nitrogens with one attached hydrogen (secondary N) is 2. The van der Waals surface area contributed by atoms with Gasteiger partial charge in [-0.25, -0.2) is 8.42 Å². The van der Waals surface area contributed by atoms with Crippen LogP contribution in [-0.4, -0.2) is 32.3 Å². The average Bonchev–Trinajstić information content (AvgIpc) is 3.03. The van der Waals surface area contributed by atoms with E-state index in [0.29, 0.717) is 12.8 Å². The number of hydrogen-bond acceptors (Lipinski definition) is 4. The van der Waals surface area contributed by atoms with Crippen molar-refractivity contribution < 1.29 is 31.2 Å². The Kier molecular flexibility index (Phi) is 11.0. The predicted molar refractivity (Wildman–Crippen MR) is 167 cm³/mol. The van der Waals surface area contributed by atoms with Crippen LogP contribution in [0.25, 0.3) is 0 Å². The van der Waals surface area contributed by atoms with E-state index in [0.717, 1.165) is 46.4 Å². The molecule has 4 rings (SSSR count). The summed E-state index contributed by atoms with van der Waals surface area (Å²) in [5, 5.41) is 6.60. The van der Waals surface area contributed by atoms with E-state index in [1.54, 1.807) is 18.2 Å².